The van der Waals surface area contributed by atoms with Gasteiger partial charge >= 0.3 is 0 Å². The average Bonchev–Trinajstić information content (AvgIpc) is 2.93. The minimum atomic E-state index is -0.445. The number of primary amides is 1. The number of hydrogen-bond acceptors (Lipinski definition) is 3. The fourth-order valence-corrected chi connectivity index (χ4v) is 3.65. The number of anilines is 1. The molecule has 0 unspecified atom stereocenters. The second-order valence-corrected chi connectivity index (χ2v) is 6.40. The summed E-state index contributed by atoms with van der Waals surface area (Å²) in [6.45, 7) is 0. The van der Waals surface area contributed by atoms with E-state index in [0.29, 0.717) is 11.3 Å². The molecule has 0 atom stereocenters. The Morgan fingerprint density at radius 2 is 1.90 bits per heavy atom. The molecule has 3 nitrogen and oxygen atoms in total. The maximum absolute atomic E-state index is 11.1. The summed E-state index contributed by atoms with van der Waals surface area (Å²) in [5.41, 5.74) is 16.3. The quantitative estimate of drug-likeness (QED) is 0.673. The highest BCUT2D eigenvalue weighted by Gasteiger charge is 2.11. The molecule has 0 heterocycles. The zero-order valence-corrected chi connectivity index (χ0v) is 12.6. The SMILES string of the molecule is NC(=O)c1ccc(CSc2ccc3c(c2)CCC3)c(N)c1. The van der Waals surface area contributed by atoms with Crippen LogP contribution < -0.4 is 11.5 Å². The maximum atomic E-state index is 11.1. The van der Waals surface area contributed by atoms with Crippen molar-refractivity contribution >= 4 is 23.4 Å². The summed E-state index contributed by atoms with van der Waals surface area (Å²) in [6.07, 6.45) is 3.67. The molecule has 0 saturated carbocycles. The van der Waals surface area contributed by atoms with Gasteiger partial charge in [0.05, 0.1) is 0 Å². The van der Waals surface area contributed by atoms with Crippen molar-refractivity contribution < 1.29 is 4.79 Å². The van der Waals surface area contributed by atoms with E-state index in [4.69, 9.17) is 11.5 Å². The molecule has 4 N–H and O–H groups in total. The fraction of sp³-hybridized carbons (Fsp3) is 0.235. The Kier molecular flexibility index (Phi) is 3.88. The van der Waals surface area contributed by atoms with Crippen molar-refractivity contribution in [3.05, 3.63) is 58.7 Å². The molecule has 0 fully saturated rings. The lowest BCUT2D eigenvalue weighted by Crippen LogP contribution is -2.11. The van der Waals surface area contributed by atoms with Gasteiger partial charge in [-0.25, -0.2) is 0 Å². The van der Waals surface area contributed by atoms with Crippen LogP contribution in [0, 0.1) is 0 Å². The summed E-state index contributed by atoms with van der Waals surface area (Å²) in [4.78, 5) is 12.4. The standard InChI is InChI=1S/C17H18N2OS/c18-16-9-13(17(19)20)4-5-14(16)10-21-15-7-6-11-2-1-3-12(11)8-15/h4-9H,1-3,10,18H2,(H2,19,20). The van der Waals surface area contributed by atoms with E-state index in [1.165, 1.54) is 35.3 Å². The first kappa shape index (κ1) is 14.0. The van der Waals surface area contributed by atoms with E-state index in [1.54, 1.807) is 23.9 Å². The Hall–Kier alpha value is -1.94. The molecule has 0 aliphatic heterocycles. The van der Waals surface area contributed by atoms with Crippen molar-refractivity contribution in [2.45, 2.75) is 29.9 Å². The van der Waals surface area contributed by atoms with Gasteiger partial charge in [0.25, 0.3) is 0 Å². The molecule has 0 aromatic heterocycles. The zero-order valence-electron chi connectivity index (χ0n) is 11.8. The van der Waals surface area contributed by atoms with Gasteiger partial charge in [-0.1, -0.05) is 12.1 Å². The predicted molar refractivity (Wildman–Crippen MR) is 87.4 cm³/mol. The van der Waals surface area contributed by atoms with Crippen molar-refractivity contribution in [2.24, 2.45) is 5.73 Å². The van der Waals surface area contributed by atoms with Crippen LogP contribution in [0.5, 0.6) is 0 Å². The van der Waals surface area contributed by atoms with Crippen molar-refractivity contribution in [1.82, 2.24) is 0 Å². The third-order valence-electron chi connectivity index (χ3n) is 3.89. The van der Waals surface area contributed by atoms with Gasteiger partial charge in [0, 0.05) is 21.9 Å². The summed E-state index contributed by atoms with van der Waals surface area (Å²) in [7, 11) is 0. The molecule has 4 heteroatoms. The number of nitrogens with two attached hydrogens (primary N) is 2. The molecule has 2 aromatic rings. The lowest BCUT2D eigenvalue weighted by molar-refractivity contribution is 0.100. The van der Waals surface area contributed by atoms with Crippen LogP contribution in [0.1, 0.15) is 33.5 Å². The molecule has 1 amide bonds. The summed E-state index contributed by atoms with van der Waals surface area (Å²) >= 11 is 1.77. The fourth-order valence-electron chi connectivity index (χ4n) is 2.68. The Bertz CT molecular complexity index is 697. The maximum Gasteiger partial charge on any atom is 0.248 e. The van der Waals surface area contributed by atoms with Crippen LogP contribution in [0.2, 0.25) is 0 Å². The van der Waals surface area contributed by atoms with E-state index < -0.39 is 5.91 Å². The lowest BCUT2D eigenvalue weighted by Gasteiger charge is -2.08. The second-order valence-electron chi connectivity index (χ2n) is 5.35. The monoisotopic (exact) mass is 298 g/mol. The Morgan fingerprint density at radius 3 is 2.67 bits per heavy atom. The number of carbonyl (C=O) groups excluding carboxylic acids is 1. The average molecular weight is 298 g/mol. The number of amides is 1. The molecule has 21 heavy (non-hydrogen) atoms. The number of hydrogen-bond donors (Lipinski definition) is 2. The normalized spacial score (nSPS) is 13.1. The van der Waals surface area contributed by atoms with Crippen LogP contribution in [0.25, 0.3) is 0 Å². The number of benzene rings is 2. The van der Waals surface area contributed by atoms with Crippen LogP contribution in [0.15, 0.2) is 41.3 Å². The smallest absolute Gasteiger partial charge is 0.248 e. The summed E-state index contributed by atoms with van der Waals surface area (Å²) in [5.74, 6) is 0.350. The van der Waals surface area contributed by atoms with E-state index >= 15 is 0 Å². The largest absolute Gasteiger partial charge is 0.398 e. The summed E-state index contributed by atoms with van der Waals surface area (Å²) in [6, 6.07) is 12.0. The van der Waals surface area contributed by atoms with Gasteiger partial charge in [-0.3, -0.25) is 4.79 Å². The lowest BCUT2D eigenvalue weighted by atomic mass is 10.1. The van der Waals surface area contributed by atoms with Crippen LogP contribution in [0.4, 0.5) is 5.69 Å². The molecule has 0 spiro atoms. The van der Waals surface area contributed by atoms with Crippen LogP contribution in [-0.2, 0) is 18.6 Å². The molecular weight excluding hydrogens is 280 g/mol. The minimum Gasteiger partial charge on any atom is -0.398 e. The van der Waals surface area contributed by atoms with Crippen molar-refractivity contribution in [2.75, 3.05) is 5.73 Å². The topological polar surface area (TPSA) is 69.1 Å². The van der Waals surface area contributed by atoms with Gasteiger partial charge in [-0.2, -0.15) is 0 Å². The van der Waals surface area contributed by atoms with E-state index in [-0.39, 0.29) is 0 Å². The van der Waals surface area contributed by atoms with Gasteiger partial charge in [0.15, 0.2) is 0 Å². The molecule has 0 saturated heterocycles. The van der Waals surface area contributed by atoms with Gasteiger partial charge in [-0.15, -0.1) is 11.8 Å². The number of aryl methyl sites for hydroxylation is 2. The minimum absolute atomic E-state index is 0.445. The number of nitrogen functional groups attached to an aromatic ring is 1. The molecule has 108 valence electrons. The first-order chi connectivity index (χ1) is 10.1. The van der Waals surface area contributed by atoms with E-state index in [9.17, 15) is 4.79 Å². The van der Waals surface area contributed by atoms with E-state index in [1.807, 2.05) is 6.07 Å². The number of carbonyl (C=O) groups is 1. The van der Waals surface area contributed by atoms with Crippen LogP contribution >= 0.6 is 11.8 Å². The summed E-state index contributed by atoms with van der Waals surface area (Å²) < 4.78 is 0. The third kappa shape index (κ3) is 3.05. The van der Waals surface area contributed by atoms with E-state index in [0.717, 1.165) is 11.3 Å². The highest BCUT2D eigenvalue weighted by molar-refractivity contribution is 7.98. The van der Waals surface area contributed by atoms with Crippen LogP contribution in [-0.4, -0.2) is 5.91 Å². The van der Waals surface area contributed by atoms with Gasteiger partial charge < -0.3 is 11.5 Å². The number of fused-ring (bicyclic) bond motifs is 1. The molecule has 1 aliphatic rings. The first-order valence-corrected chi connectivity index (χ1v) is 8.05. The van der Waals surface area contributed by atoms with Gasteiger partial charge in [0.1, 0.15) is 0 Å². The Labute approximate surface area is 128 Å². The molecule has 2 aromatic carbocycles. The highest BCUT2D eigenvalue weighted by atomic mass is 32.2. The predicted octanol–water partition coefficient (Wildman–Crippen LogP) is 3.15. The van der Waals surface area contributed by atoms with Crippen molar-refractivity contribution in [3.63, 3.8) is 0 Å². The van der Waals surface area contributed by atoms with Gasteiger partial charge in [-0.05, 0) is 60.2 Å². The Morgan fingerprint density at radius 1 is 1.10 bits per heavy atom. The third-order valence-corrected chi connectivity index (χ3v) is 4.94. The molecular formula is C17H18N2OS. The van der Waals surface area contributed by atoms with Gasteiger partial charge in [0.2, 0.25) is 5.91 Å². The van der Waals surface area contributed by atoms with Crippen molar-refractivity contribution in [3.8, 4) is 0 Å². The summed E-state index contributed by atoms with van der Waals surface area (Å²) in [5, 5.41) is 0. The van der Waals surface area contributed by atoms with Crippen molar-refractivity contribution in [1.29, 1.82) is 0 Å². The molecule has 3 rings (SSSR count). The molecule has 0 bridgehead atoms. The molecule has 0 radical (unpaired) electrons. The number of thioether (sulfide) groups is 1. The second kappa shape index (κ2) is 5.82. The number of rotatable bonds is 4. The Balaban J connectivity index is 1.71. The molecule has 1 aliphatic carbocycles. The highest BCUT2D eigenvalue weighted by Crippen LogP contribution is 2.30. The zero-order chi connectivity index (χ0) is 14.8. The van der Waals surface area contributed by atoms with Crippen LogP contribution in [0.3, 0.4) is 0 Å². The first-order valence-electron chi connectivity index (χ1n) is 7.06. The van der Waals surface area contributed by atoms with E-state index in [2.05, 4.69) is 18.2 Å².